The van der Waals surface area contributed by atoms with E-state index in [0.29, 0.717) is 0 Å². The molecule has 0 aliphatic carbocycles. The maximum Gasteiger partial charge on any atom is 0.104 e. The first-order valence-electron chi connectivity index (χ1n) is 4.18. The molecule has 0 saturated heterocycles. The molecule has 0 unspecified atom stereocenters. The molecule has 0 aliphatic heterocycles. The van der Waals surface area contributed by atoms with E-state index in [9.17, 15) is 0 Å². The molecular weight excluding hydrogens is 308 g/mol. The smallest absolute Gasteiger partial charge is 0.104 e. The Hall–Kier alpha value is -0.480. The molecule has 1 aromatic heterocycles. The van der Waals surface area contributed by atoms with Crippen molar-refractivity contribution >= 4 is 42.9 Å². The van der Waals surface area contributed by atoms with Crippen molar-refractivity contribution in [3.05, 3.63) is 32.5 Å². The molecule has 0 aliphatic rings. The van der Waals surface area contributed by atoms with Gasteiger partial charge in [-0.1, -0.05) is 0 Å². The highest BCUT2D eigenvalue weighted by molar-refractivity contribution is 9.11. The van der Waals surface area contributed by atoms with Gasteiger partial charge in [0.1, 0.15) is 11.0 Å². The number of rotatable bonds is 0. The molecule has 0 saturated carbocycles. The van der Waals surface area contributed by atoms with Crippen LogP contribution in [0.4, 0.5) is 0 Å². The number of aromatic nitrogens is 2. The first-order valence-corrected chi connectivity index (χ1v) is 5.77. The molecule has 1 heterocycles. The van der Waals surface area contributed by atoms with Crippen LogP contribution in [0.2, 0.25) is 0 Å². The summed E-state index contributed by atoms with van der Waals surface area (Å²) in [4.78, 5) is 8.99. The van der Waals surface area contributed by atoms with Gasteiger partial charge in [-0.25, -0.2) is 9.97 Å². The molecule has 0 spiro atoms. The van der Waals surface area contributed by atoms with E-state index in [1.54, 1.807) is 0 Å². The number of hydrogen-bond acceptors (Lipinski definition) is 2. The summed E-state index contributed by atoms with van der Waals surface area (Å²) < 4.78 is 1.96. The van der Waals surface area contributed by atoms with Crippen molar-refractivity contribution < 1.29 is 0 Å². The molecule has 14 heavy (non-hydrogen) atoms. The van der Waals surface area contributed by atoms with Crippen molar-refractivity contribution in [2.45, 2.75) is 13.8 Å². The van der Waals surface area contributed by atoms with E-state index in [4.69, 9.17) is 0 Å². The number of benzene rings is 1. The van der Waals surface area contributed by atoms with E-state index in [1.165, 1.54) is 0 Å². The van der Waals surface area contributed by atoms with Crippen LogP contribution in [-0.2, 0) is 0 Å². The normalized spacial score (nSPS) is 10.9. The Balaban J connectivity index is 2.94. The minimum atomic E-state index is 0.905. The van der Waals surface area contributed by atoms with Gasteiger partial charge in [-0.3, -0.25) is 0 Å². The molecule has 0 bridgehead atoms. The Bertz CT molecular complexity index is 462. The zero-order chi connectivity index (χ0) is 10.3. The highest BCUT2D eigenvalue weighted by atomic mass is 79.9. The average Bonchev–Trinajstić information content (AvgIpc) is 2.15. The molecule has 72 valence electrons. The van der Waals surface area contributed by atoms with Gasteiger partial charge in [0.2, 0.25) is 0 Å². The SMILES string of the molecule is Cc1nc2c(Br)ccc(Br)c2nc1C. The summed E-state index contributed by atoms with van der Waals surface area (Å²) in [5, 5.41) is 0. The fraction of sp³-hybridized carbons (Fsp3) is 0.200. The number of aryl methyl sites for hydroxylation is 2. The maximum atomic E-state index is 4.50. The van der Waals surface area contributed by atoms with E-state index < -0.39 is 0 Å². The van der Waals surface area contributed by atoms with Gasteiger partial charge < -0.3 is 0 Å². The van der Waals surface area contributed by atoms with Crippen LogP contribution in [0.1, 0.15) is 11.4 Å². The van der Waals surface area contributed by atoms with Crippen LogP contribution in [0.3, 0.4) is 0 Å². The second kappa shape index (κ2) is 3.59. The van der Waals surface area contributed by atoms with Crippen molar-refractivity contribution in [3.8, 4) is 0 Å². The summed E-state index contributed by atoms with van der Waals surface area (Å²) in [5.74, 6) is 0. The van der Waals surface area contributed by atoms with Gasteiger partial charge in [0.05, 0.1) is 11.4 Å². The zero-order valence-electron chi connectivity index (χ0n) is 7.81. The molecule has 2 nitrogen and oxygen atoms in total. The van der Waals surface area contributed by atoms with E-state index in [1.807, 2.05) is 26.0 Å². The lowest BCUT2D eigenvalue weighted by Gasteiger charge is -2.05. The summed E-state index contributed by atoms with van der Waals surface area (Å²) in [6.07, 6.45) is 0. The van der Waals surface area contributed by atoms with Gasteiger partial charge in [0.15, 0.2) is 0 Å². The molecule has 0 atom stereocenters. The highest BCUT2D eigenvalue weighted by Gasteiger charge is 2.07. The molecule has 4 heteroatoms. The van der Waals surface area contributed by atoms with E-state index in [2.05, 4.69) is 41.8 Å². The third-order valence-corrected chi connectivity index (χ3v) is 3.42. The van der Waals surface area contributed by atoms with E-state index in [0.717, 1.165) is 31.4 Å². The standard InChI is InChI=1S/C10H8Br2N2/c1-5-6(2)14-10-8(12)4-3-7(11)9(10)13-5/h3-4H,1-2H3. The maximum absolute atomic E-state index is 4.50. The van der Waals surface area contributed by atoms with Crippen LogP contribution in [0.25, 0.3) is 11.0 Å². The lowest BCUT2D eigenvalue weighted by atomic mass is 10.2. The Morgan fingerprint density at radius 1 is 0.857 bits per heavy atom. The first-order chi connectivity index (χ1) is 6.59. The Morgan fingerprint density at radius 3 is 1.57 bits per heavy atom. The van der Waals surface area contributed by atoms with Crippen LogP contribution >= 0.6 is 31.9 Å². The molecule has 0 N–H and O–H groups in total. The van der Waals surface area contributed by atoms with Gasteiger partial charge in [-0.05, 0) is 57.8 Å². The predicted octanol–water partition coefficient (Wildman–Crippen LogP) is 3.77. The molecule has 0 radical (unpaired) electrons. The largest absolute Gasteiger partial charge is 0.248 e. The fourth-order valence-electron chi connectivity index (χ4n) is 1.24. The second-order valence-electron chi connectivity index (χ2n) is 3.12. The number of fused-ring (bicyclic) bond motifs is 1. The first kappa shape index (κ1) is 10.1. The quantitative estimate of drug-likeness (QED) is 0.739. The van der Waals surface area contributed by atoms with Crippen molar-refractivity contribution in [1.82, 2.24) is 9.97 Å². The summed E-state index contributed by atoms with van der Waals surface area (Å²) in [6, 6.07) is 3.94. The van der Waals surface area contributed by atoms with Gasteiger partial charge in [-0.15, -0.1) is 0 Å². The van der Waals surface area contributed by atoms with Crippen LogP contribution in [-0.4, -0.2) is 9.97 Å². The molecule has 1 aromatic carbocycles. The summed E-state index contributed by atoms with van der Waals surface area (Å²) in [6.45, 7) is 3.93. The summed E-state index contributed by atoms with van der Waals surface area (Å²) in [5.41, 5.74) is 3.75. The highest BCUT2D eigenvalue weighted by Crippen LogP contribution is 2.27. The van der Waals surface area contributed by atoms with Gasteiger partial charge in [0, 0.05) is 8.95 Å². The van der Waals surface area contributed by atoms with Crippen molar-refractivity contribution in [2.75, 3.05) is 0 Å². The second-order valence-corrected chi connectivity index (χ2v) is 4.83. The Kier molecular flexibility index (Phi) is 2.58. The molecule has 0 amide bonds. The van der Waals surface area contributed by atoms with Gasteiger partial charge in [0.25, 0.3) is 0 Å². The van der Waals surface area contributed by atoms with E-state index >= 15 is 0 Å². The van der Waals surface area contributed by atoms with Gasteiger partial charge >= 0.3 is 0 Å². The summed E-state index contributed by atoms with van der Waals surface area (Å²) >= 11 is 6.93. The van der Waals surface area contributed by atoms with Crippen LogP contribution < -0.4 is 0 Å². The summed E-state index contributed by atoms with van der Waals surface area (Å²) in [7, 11) is 0. The lowest BCUT2D eigenvalue weighted by Crippen LogP contribution is -1.94. The molecule has 0 fully saturated rings. The molecule has 2 aromatic rings. The van der Waals surface area contributed by atoms with Crippen molar-refractivity contribution in [3.63, 3.8) is 0 Å². The predicted molar refractivity (Wildman–Crippen MR) is 64.4 cm³/mol. The lowest BCUT2D eigenvalue weighted by molar-refractivity contribution is 1.10. The molecular formula is C10H8Br2N2. The average molecular weight is 316 g/mol. The van der Waals surface area contributed by atoms with Crippen molar-refractivity contribution in [2.24, 2.45) is 0 Å². The fourth-order valence-corrected chi connectivity index (χ4v) is 2.06. The van der Waals surface area contributed by atoms with Crippen molar-refractivity contribution in [1.29, 1.82) is 0 Å². The number of hydrogen-bond donors (Lipinski definition) is 0. The van der Waals surface area contributed by atoms with Crippen LogP contribution in [0.15, 0.2) is 21.1 Å². The topological polar surface area (TPSA) is 25.8 Å². The minimum Gasteiger partial charge on any atom is -0.248 e. The van der Waals surface area contributed by atoms with Gasteiger partial charge in [-0.2, -0.15) is 0 Å². The van der Waals surface area contributed by atoms with Crippen LogP contribution in [0.5, 0.6) is 0 Å². The zero-order valence-corrected chi connectivity index (χ0v) is 11.0. The van der Waals surface area contributed by atoms with E-state index in [-0.39, 0.29) is 0 Å². The number of nitrogens with zero attached hydrogens (tertiary/aromatic N) is 2. The monoisotopic (exact) mass is 314 g/mol. The Morgan fingerprint density at radius 2 is 1.21 bits per heavy atom. The van der Waals surface area contributed by atoms with Crippen LogP contribution in [0, 0.1) is 13.8 Å². The minimum absolute atomic E-state index is 0.905. The molecule has 2 rings (SSSR count). The Labute approximate surface area is 99.0 Å². The third-order valence-electron chi connectivity index (χ3n) is 2.14. The number of halogens is 2. The third kappa shape index (κ3) is 1.57.